The van der Waals surface area contributed by atoms with E-state index in [1.807, 2.05) is 6.92 Å². The number of aromatic nitrogens is 2. The summed E-state index contributed by atoms with van der Waals surface area (Å²) in [5, 5.41) is -0.181. The maximum absolute atomic E-state index is 13.2. The van der Waals surface area contributed by atoms with Crippen LogP contribution < -0.4 is 0 Å². The van der Waals surface area contributed by atoms with Crippen LogP contribution >= 0.6 is 11.6 Å². The summed E-state index contributed by atoms with van der Waals surface area (Å²) in [6, 6.07) is 5.04. The van der Waals surface area contributed by atoms with E-state index >= 15 is 0 Å². The lowest BCUT2D eigenvalue weighted by atomic mass is 10.2. The quantitative estimate of drug-likeness (QED) is 0.726. The van der Waals surface area contributed by atoms with Crippen LogP contribution in [0.4, 0.5) is 4.39 Å². The number of hydrogen-bond acceptors (Lipinski definition) is 1. The first kappa shape index (κ1) is 13.3. The molecular weight excluding hydrogens is 251 g/mol. The number of alkyl halides is 1. The molecular formula is C14H18ClFN2. The lowest BCUT2D eigenvalue weighted by molar-refractivity contribution is 0.494. The van der Waals surface area contributed by atoms with E-state index in [0.29, 0.717) is 11.6 Å². The maximum atomic E-state index is 13.2. The molecule has 2 atom stereocenters. The number of nitrogens with zero attached hydrogens (tertiary/aromatic N) is 2. The fraction of sp³-hybridized carbons (Fsp3) is 0.500. The Hall–Kier alpha value is -1.09. The minimum atomic E-state index is -0.260. The van der Waals surface area contributed by atoms with Crippen LogP contribution in [0.2, 0.25) is 0 Å². The largest absolute Gasteiger partial charge is 0.324 e. The molecule has 98 valence electrons. The van der Waals surface area contributed by atoms with Crippen LogP contribution in [-0.2, 0) is 0 Å². The molecule has 2 aromatic rings. The lowest BCUT2D eigenvalue weighted by Gasteiger charge is -2.17. The van der Waals surface area contributed by atoms with Crippen molar-refractivity contribution in [3.8, 4) is 0 Å². The topological polar surface area (TPSA) is 17.8 Å². The van der Waals surface area contributed by atoms with Crippen LogP contribution in [0.1, 0.15) is 50.9 Å². The molecule has 2 unspecified atom stereocenters. The Balaban J connectivity index is 2.62. The third-order valence-electron chi connectivity index (χ3n) is 3.18. The molecule has 0 spiro atoms. The van der Waals surface area contributed by atoms with Crippen molar-refractivity contribution in [3.05, 3.63) is 29.8 Å². The summed E-state index contributed by atoms with van der Waals surface area (Å²) >= 11 is 6.19. The van der Waals surface area contributed by atoms with Crippen LogP contribution in [0.5, 0.6) is 0 Å². The summed E-state index contributed by atoms with van der Waals surface area (Å²) in [5.74, 6) is 0.558. The van der Waals surface area contributed by atoms with Gasteiger partial charge in [0.2, 0.25) is 0 Å². The van der Waals surface area contributed by atoms with E-state index in [1.165, 1.54) is 12.1 Å². The standard InChI is InChI=1S/C14H18ClFN2/c1-4-5-9(2)18-13-7-6-11(16)8-12(13)17-14(18)10(3)15/h6-10H,4-5H2,1-3H3. The van der Waals surface area contributed by atoms with E-state index < -0.39 is 0 Å². The van der Waals surface area contributed by atoms with Gasteiger partial charge in [-0.3, -0.25) is 0 Å². The van der Waals surface area contributed by atoms with Crippen molar-refractivity contribution in [3.63, 3.8) is 0 Å². The van der Waals surface area contributed by atoms with E-state index in [0.717, 1.165) is 24.2 Å². The summed E-state index contributed by atoms with van der Waals surface area (Å²) in [6.07, 6.45) is 2.15. The second-order valence-corrected chi connectivity index (χ2v) is 5.38. The van der Waals surface area contributed by atoms with Crippen molar-refractivity contribution in [2.24, 2.45) is 0 Å². The van der Waals surface area contributed by atoms with Crippen LogP contribution in [0, 0.1) is 5.82 Å². The first-order chi connectivity index (χ1) is 8.54. The maximum Gasteiger partial charge on any atom is 0.127 e. The van der Waals surface area contributed by atoms with Crippen molar-refractivity contribution >= 4 is 22.6 Å². The molecule has 0 aliphatic carbocycles. The van der Waals surface area contributed by atoms with Crippen molar-refractivity contribution in [2.45, 2.75) is 45.0 Å². The Morgan fingerprint density at radius 2 is 2.11 bits per heavy atom. The number of halogens is 2. The second kappa shape index (κ2) is 5.27. The Labute approximate surface area is 112 Å². The fourth-order valence-electron chi connectivity index (χ4n) is 2.38. The third-order valence-corrected chi connectivity index (χ3v) is 3.38. The van der Waals surface area contributed by atoms with Gasteiger partial charge in [-0.25, -0.2) is 9.37 Å². The Morgan fingerprint density at radius 3 is 2.72 bits per heavy atom. The molecule has 4 heteroatoms. The molecule has 2 nitrogen and oxygen atoms in total. The molecule has 0 radical (unpaired) electrons. The predicted octanol–water partition coefficient (Wildman–Crippen LogP) is 4.84. The summed E-state index contributed by atoms with van der Waals surface area (Å²) in [6.45, 7) is 6.20. The van der Waals surface area contributed by atoms with E-state index in [-0.39, 0.29) is 11.2 Å². The molecule has 0 fully saturated rings. The van der Waals surface area contributed by atoms with Gasteiger partial charge in [-0.2, -0.15) is 0 Å². The van der Waals surface area contributed by atoms with E-state index in [9.17, 15) is 4.39 Å². The highest BCUT2D eigenvalue weighted by Crippen LogP contribution is 2.29. The second-order valence-electron chi connectivity index (χ2n) is 4.73. The Bertz CT molecular complexity index is 548. The molecule has 0 aliphatic heterocycles. The average molecular weight is 269 g/mol. The first-order valence-corrected chi connectivity index (χ1v) is 6.79. The fourth-order valence-corrected chi connectivity index (χ4v) is 2.54. The zero-order valence-electron chi connectivity index (χ0n) is 11.0. The number of fused-ring (bicyclic) bond motifs is 1. The van der Waals surface area contributed by atoms with Gasteiger partial charge in [-0.05, 0) is 32.4 Å². The lowest BCUT2D eigenvalue weighted by Crippen LogP contribution is -2.09. The van der Waals surface area contributed by atoms with Crippen LogP contribution in [-0.4, -0.2) is 9.55 Å². The molecule has 2 rings (SSSR count). The Morgan fingerprint density at radius 1 is 1.39 bits per heavy atom. The summed E-state index contributed by atoms with van der Waals surface area (Å²) in [5.41, 5.74) is 1.64. The molecule has 1 aromatic carbocycles. The molecule has 0 bridgehead atoms. The van der Waals surface area contributed by atoms with Gasteiger partial charge in [0, 0.05) is 12.1 Å². The Kier molecular flexibility index (Phi) is 3.91. The van der Waals surface area contributed by atoms with Crippen molar-refractivity contribution in [2.75, 3.05) is 0 Å². The number of benzene rings is 1. The van der Waals surface area contributed by atoms with Gasteiger partial charge in [-0.15, -0.1) is 11.6 Å². The van der Waals surface area contributed by atoms with Gasteiger partial charge in [-0.1, -0.05) is 13.3 Å². The average Bonchev–Trinajstić information content (AvgIpc) is 2.67. The monoisotopic (exact) mass is 268 g/mol. The number of imidazole rings is 1. The molecule has 18 heavy (non-hydrogen) atoms. The van der Waals surface area contributed by atoms with Gasteiger partial charge in [0.15, 0.2) is 0 Å². The normalized spacial score (nSPS) is 14.9. The predicted molar refractivity (Wildman–Crippen MR) is 73.6 cm³/mol. The molecule has 0 saturated heterocycles. The minimum absolute atomic E-state index is 0.181. The highest BCUT2D eigenvalue weighted by atomic mass is 35.5. The summed E-state index contributed by atoms with van der Waals surface area (Å²) < 4.78 is 15.4. The number of hydrogen-bond donors (Lipinski definition) is 0. The van der Waals surface area contributed by atoms with Crippen molar-refractivity contribution in [1.29, 1.82) is 0 Å². The molecule has 1 aromatic heterocycles. The zero-order chi connectivity index (χ0) is 13.3. The molecule has 0 aliphatic rings. The molecule has 0 N–H and O–H groups in total. The molecule has 1 heterocycles. The SMILES string of the molecule is CCCC(C)n1c(C(C)Cl)nc2cc(F)ccc21. The minimum Gasteiger partial charge on any atom is -0.324 e. The highest BCUT2D eigenvalue weighted by Gasteiger charge is 2.18. The molecule has 0 amide bonds. The summed E-state index contributed by atoms with van der Waals surface area (Å²) in [4.78, 5) is 4.47. The van der Waals surface area contributed by atoms with Gasteiger partial charge in [0.05, 0.1) is 16.4 Å². The zero-order valence-corrected chi connectivity index (χ0v) is 11.7. The van der Waals surface area contributed by atoms with Crippen LogP contribution in [0.25, 0.3) is 11.0 Å². The van der Waals surface area contributed by atoms with Crippen LogP contribution in [0.3, 0.4) is 0 Å². The third kappa shape index (κ3) is 2.37. The highest BCUT2D eigenvalue weighted by molar-refractivity contribution is 6.20. The number of rotatable bonds is 4. The van der Waals surface area contributed by atoms with Crippen molar-refractivity contribution in [1.82, 2.24) is 9.55 Å². The van der Waals surface area contributed by atoms with E-state index in [1.54, 1.807) is 6.07 Å². The van der Waals surface area contributed by atoms with Crippen molar-refractivity contribution < 1.29 is 4.39 Å². The van der Waals surface area contributed by atoms with Gasteiger partial charge < -0.3 is 4.57 Å². The van der Waals surface area contributed by atoms with E-state index in [2.05, 4.69) is 23.4 Å². The smallest absolute Gasteiger partial charge is 0.127 e. The molecule has 0 saturated carbocycles. The van der Waals surface area contributed by atoms with Gasteiger partial charge in [0.25, 0.3) is 0 Å². The van der Waals surface area contributed by atoms with Gasteiger partial charge in [0.1, 0.15) is 11.6 Å². The first-order valence-electron chi connectivity index (χ1n) is 6.36. The van der Waals surface area contributed by atoms with Gasteiger partial charge >= 0.3 is 0 Å². The van der Waals surface area contributed by atoms with Crippen LogP contribution in [0.15, 0.2) is 18.2 Å². The van der Waals surface area contributed by atoms with E-state index in [4.69, 9.17) is 11.6 Å². The summed E-state index contributed by atoms with van der Waals surface area (Å²) in [7, 11) is 0.